The molecule has 4 saturated carbocycles. The van der Waals surface area contributed by atoms with Crippen LogP contribution in [0.25, 0.3) is 0 Å². The molecule has 25 atom stereocenters. The number of ether oxygens (including phenoxy) is 6. The second kappa shape index (κ2) is 19.7. The molecule has 18 heteroatoms. The highest BCUT2D eigenvalue weighted by atomic mass is 16.8. The second-order valence-electron chi connectivity index (χ2n) is 20.8. The summed E-state index contributed by atoms with van der Waals surface area (Å²) in [6, 6.07) is 0. The molecule has 3 aliphatic heterocycles. The van der Waals surface area contributed by atoms with Crippen molar-refractivity contribution in [3.63, 3.8) is 0 Å². The zero-order valence-electron chi connectivity index (χ0n) is 37.2. The molecule has 7 aliphatic rings. The van der Waals surface area contributed by atoms with Crippen LogP contribution in [0.3, 0.4) is 0 Å². The Morgan fingerprint density at radius 1 is 0.714 bits per heavy atom. The molecule has 4 aliphatic carbocycles. The molecule has 10 N–H and O–H groups in total. The molecular weight excluding hydrogens is 828 g/mol. The van der Waals surface area contributed by atoms with Crippen LogP contribution in [0.15, 0.2) is 0 Å². The van der Waals surface area contributed by atoms with Crippen LogP contribution < -0.4 is 0 Å². The van der Waals surface area contributed by atoms with E-state index in [4.69, 9.17) is 28.4 Å². The number of carbonyl (C=O) groups is 2. The van der Waals surface area contributed by atoms with Gasteiger partial charge >= 0.3 is 0 Å². The normalized spacial score (nSPS) is 51.2. The minimum atomic E-state index is -1.66. The summed E-state index contributed by atoms with van der Waals surface area (Å²) in [5, 5.41) is 103. The molecule has 25 unspecified atom stereocenters. The van der Waals surface area contributed by atoms with Gasteiger partial charge in [-0.05, 0) is 98.7 Å². The Labute approximate surface area is 369 Å². The average Bonchev–Trinajstić information content (AvgIpc) is 3.54. The van der Waals surface area contributed by atoms with E-state index in [-0.39, 0.29) is 65.2 Å². The molecule has 0 radical (unpaired) electrons. The Bertz CT molecular complexity index is 1570. The summed E-state index contributed by atoms with van der Waals surface area (Å²) in [6.07, 6.45) is -14.0. The largest absolute Gasteiger partial charge is 0.394 e. The van der Waals surface area contributed by atoms with Crippen molar-refractivity contribution in [2.75, 3.05) is 19.8 Å². The number of fused-ring (bicyclic) bond motifs is 5. The maximum Gasteiger partial charge on any atom is 0.187 e. The monoisotopic (exact) mass is 902 g/mol. The van der Waals surface area contributed by atoms with Gasteiger partial charge < -0.3 is 79.5 Å². The zero-order chi connectivity index (χ0) is 45.9. The van der Waals surface area contributed by atoms with Gasteiger partial charge in [-0.25, -0.2) is 0 Å². The van der Waals surface area contributed by atoms with Crippen molar-refractivity contribution in [2.24, 2.45) is 52.3 Å². The Morgan fingerprint density at radius 2 is 1.33 bits per heavy atom. The molecule has 0 aromatic carbocycles. The fourth-order valence-electron chi connectivity index (χ4n) is 13.2. The van der Waals surface area contributed by atoms with Gasteiger partial charge in [0.1, 0.15) is 78.7 Å². The minimum absolute atomic E-state index is 0.0275. The van der Waals surface area contributed by atoms with Gasteiger partial charge in [-0.3, -0.25) is 9.59 Å². The first-order valence-electron chi connectivity index (χ1n) is 23.4. The van der Waals surface area contributed by atoms with Crippen LogP contribution in [0.2, 0.25) is 0 Å². The number of hydrogen-bond acceptors (Lipinski definition) is 18. The molecular formula is C45H74O18. The van der Waals surface area contributed by atoms with Crippen LogP contribution >= 0.6 is 0 Å². The maximum absolute atomic E-state index is 14.0. The van der Waals surface area contributed by atoms with Crippen molar-refractivity contribution in [1.29, 1.82) is 0 Å². The molecule has 0 aromatic heterocycles. The summed E-state index contributed by atoms with van der Waals surface area (Å²) in [5.41, 5.74) is -0.335. The molecule has 0 spiro atoms. The van der Waals surface area contributed by atoms with Crippen molar-refractivity contribution in [3.05, 3.63) is 0 Å². The van der Waals surface area contributed by atoms with Crippen LogP contribution in [0, 0.1) is 52.3 Å². The lowest BCUT2D eigenvalue weighted by atomic mass is 9.44. The quantitative estimate of drug-likeness (QED) is 0.0965. The summed E-state index contributed by atoms with van der Waals surface area (Å²) < 4.78 is 35.2. The second-order valence-corrected chi connectivity index (χ2v) is 20.8. The lowest BCUT2D eigenvalue weighted by Gasteiger charge is -2.61. The highest BCUT2D eigenvalue weighted by molar-refractivity contribution is 5.92. The SMILES string of the molecule is CC(CCC(=O)C(C)C1C(=O)CC2C3CCC4CC(OC5OC(CO)C(O)C(O)C5OC5OC(C)C(O)C(O)C5O)CCC4(C)C3CCC21C)COC1OC(CO)C(O)C(O)C1O. The third kappa shape index (κ3) is 9.33. The Morgan fingerprint density at radius 3 is 2.02 bits per heavy atom. The van der Waals surface area contributed by atoms with Gasteiger partial charge in [-0.15, -0.1) is 0 Å². The predicted molar refractivity (Wildman–Crippen MR) is 218 cm³/mol. The molecule has 0 amide bonds. The summed E-state index contributed by atoms with van der Waals surface area (Å²) in [6.45, 7) is 8.85. The van der Waals surface area contributed by atoms with Crippen LogP contribution in [-0.4, -0.2) is 181 Å². The lowest BCUT2D eigenvalue weighted by Crippen LogP contribution is -2.64. The molecule has 0 bridgehead atoms. The van der Waals surface area contributed by atoms with Gasteiger partial charge in [0.25, 0.3) is 0 Å². The summed E-state index contributed by atoms with van der Waals surface area (Å²) >= 11 is 0. The van der Waals surface area contributed by atoms with Gasteiger partial charge in [0.15, 0.2) is 18.9 Å². The third-order valence-corrected chi connectivity index (χ3v) is 17.1. The van der Waals surface area contributed by atoms with E-state index in [2.05, 4.69) is 13.8 Å². The van der Waals surface area contributed by atoms with E-state index in [0.29, 0.717) is 37.5 Å². The number of aliphatic hydroxyl groups is 10. The van der Waals surface area contributed by atoms with Gasteiger partial charge in [-0.2, -0.15) is 0 Å². The lowest BCUT2D eigenvalue weighted by molar-refractivity contribution is -0.371. The smallest absolute Gasteiger partial charge is 0.187 e. The Hall–Kier alpha value is -1.30. The zero-order valence-corrected chi connectivity index (χ0v) is 37.2. The fraction of sp³-hybridized carbons (Fsp3) is 0.956. The number of hydrogen-bond donors (Lipinski definition) is 10. The van der Waals surface area contributed by atoms with E-state index < -0.39 is 111 Å². The van der Waals surface area contributed by atoms with E-state index in [1.54, 1.807) is 0 Å². The third-order valence-electron chi connectivity index (χ3n) is 17.1. The number of aliphatic hydroxyl groups excluding tert-OH is 10. The topological polar surface area (TPSA) is 292 Å². The van der Waals surface area contributed by atoms with E-state index in [9.17, 15) is 60.7 Å². The minimum Gasteiger partial charge on any atom is -0.394 e. The van der Waals surface area contributed by atoms with Crippen molar-refractivity contribution >= 4 is 11.6 Å². The summed E-state index contributed by atoms with van der Waals surface area (Å²) in [5.74, 6) is 0.415. The van der Waals surface area contributed by atoms with E-state index >= 15 is 0 Å². The molecule has 3 heterocycles. The van der Waals surface area contributed by atoms with Crippen molar-refractivity contribution in [3.8, 4) is 0 Å². The van der Waals surface area contributed by atoms with Gasteiger partial charge in [-0.1, -0.05) is 27.7 Å². The number of ketones is 2. The van der Waals surface area contributed by atoms with E-state index in [1.807, 2.05) is 13.8 Å². The molecule has 3 saturated heterocycles. The molecule has 362 valence electrons. The molecule has 63 heavy (non-hydrogen) atoms. The maximum atomic E-state index is 14.0. The average molecular weight is 903 g/mol. The first-order valence-corrected chi connectivity index (χ1v) is 23.4. The molecule has 7 fully saturated rings. The van der Waals surface area contributed by atoms with Gasteiger partial charge in [0, 0.05) is 24.7 Å². The fourth-order valence-corrected chi connectivity index (χ4v) is 13.2. The molecule has 7 rings (SSSR count). The Kier molecular flexibility index (Phi) is 15.5. The number of Topliss-reactive ketones (excluding diaryl/α,β-unsaturated/α-hetero) is 2. The van der Waals surface area contributed by atoms with Crippen LogP contribution in [-0.2, 0) is 38.0 Å². The summed E-state index contributed by atoms with van der Waals surface area (Å²) in [7, 11) is 0. The van der Waals surface area contributed by atoms with Crippen molar-refractivity contribution < 1.29 is 89.1 Å². The van der Waals surface area contributed by atoms with E-state index in [1.165, 1.54) is 6.92 Å². The Balaban J connectivity index is 0.945. The highest BCUT2D eigenvalue weighted by Gasteiger charge is 2.64. The molecule has 0 aromatic rings. The first-order chi connectivity index (χ1) is 29.7. The highest BCUT2D eigenvalue weighted by Crippen LogP contribution is 2.68. The number of carbonyl (C=O) groups excluding carboxylic acids is 2. The van der Waals surface area contributed by atoms with Crippen molar-refractivity contribution in [1.82, 2.24) is 0 Å². The molecule has 18 nitrogen and oxygen atoms in total. The van der Waals surface area contributed by atoms with Crippen molar-refractivity contribution in [2.45, 2.75) is 197 Å². The predicted octanol–water partition coefficient (Wildman–Crippen LogP) is -0.701. The standard InChI is InChI=1S/C45H74O18/c1-19(18-58-41-38(56)36(54)33(51)29(16-46)61-41)6-9-27(48)20(2)31-28(49)15-26-24-8-7-22-14-23(10-12-44(22,4)25(24)11-13-45(26,31)5)60-43-40(37(55)34(52)30(17-47)62-43)63-42-39(57)35(53)32(50)21(3)59-42/h19-26,29-43,46-47,50-57H,6-18H2,1-5H3. The summed E-state index contributed by atoms with van der Waals surface area (Å²) in [4.78, 5) is 27.8. The number of rotatable bonds is 14. The van der Waals surface area contributed by atoms with Crippen LogP contribution in [0.5, 0.6) is 0 Å². The van der Waals surface area contributed by atoms with Crippen LogP contribution in [0.4, 0.5) is 0 Å². The van der Waals surface area contributed by atoms with E-state index in [0.717, 1.165) is 32.1 Å². The van der Waals surface area contributed by atoms with Gasteiger partial charge in [0.2, 0.25) is 0 Å². The van der Waals surface area contributed by atoms with Gasteiger partial charge in [0.05, 0.1) is 32.0 Å². The first kappa shape index (κ1) is 49.6. The van der Waals surface area contributed by atoms with Crippen LogP contribution in [0.1, 0.15) is 98.8 Å².